The lowest BCUT2D eigenvalue weighted by Crippen LogP contribution is -2.34. The minimum atomic E-state index is -0.509. The molecule has 1 aliphatic heterocycles. The van der Waals surface area contributed by atoms with Gasteiger partial charge < -0.3 is 10.2 Å². The van der Waals surface area contributed by atoms with Gasteiger partial charge in [-0.25, -0.2) is 4.39 Å². The Morgan fingerprint density at radius 3 is 2.75 bits per heavy atom. The Hall–Kier alpha value is -1.80. The number of halogens is 2. The summed E-state index contributed by atoms with van der Waals surface area (Å²) in [5.41, 5.74) is 0.0879. The van der Waals surface area contributed by atoms with Crippen LogP contribution in [0.3, 0.4) is 0 Å². The van der Waals surface area contributed by atoms with E-state index in [1.165, 1.54) is 30.0 Å². The van der Waals surface area contributed by atoms with Crippen LogP contribution in [0, 0.1) is 11.7 Å². The average Bonchev–Trinajstić information content (AvgIpc) is 3.43. The third-order valence-corrected chi connectivity index (χ3v) is 6.34. The van der Waals surface area contributed by atoms with Gasteiger partial charge in [0.2, 0.25) is 11.9 Å². The topological polar surface area (TPSA) is 63.1 Å². The number of rotatable bonds is 6. The van der Waals surface area contributed by atoms with Crippen LogP contribution in [-0.2, 0) is 4.79 Å². The number of piperidine rings is 1. The van der Waals surface area contributed by atoms with Gasteiger partial charge in [0.1, 0.15) is 5.82 Å². The summed E-state index contributed by atoms with van der Waals surface area (Å²) in [4.78, 5) is 14.6. The zero-order chi connectivity index (χ0) is 19.7. The minimum Gasteiger partial charge on any atom is -0.341 e. The van der Waals surface area contributed by atoms with E-state index in [4.69, 9.17) is 11.6 Å². The van der Waals surface area contributed by atoms with Crippen molar-refractivity contribution in [3.8, 4) is 0 Å². The van der Waals surface area contributed by atoms with E-state index in [9.17, 15) is 9.18 Å². The third kappa shape index (κ3) is 4.43. The summed E-state index contributed by atoms with van der Waals surface area (Å²) < 4.78 is 16.0. The molecular weight excluding hydrogens is 401 g/mol. The first-order valence-corrected chi connectivity index (χ1v) is 10.9. The van der Waals surface area contributed by atoms with Gasteiger partial charge in [0.25, 0.3) is 0 Å². The molecule has 0 radical (unpaired) electrons. The van der Waals surface area contributed by atoms with E-state index in [2.05, 4.69) is 31.9 Å². The maximum Gasteiger partial charge on any atom is 0.234 e. The molecular formula is C19H23ClFN5OS. The van der Waals surface area contributed by atoms with Crippen molar-refractivity contribution in [2.45, 2.75) is 43.8 Å². The highest BCUT2D eigenvalue weighted by Gasteiger charge is 2.32. The van der Waals surface area contributed by atoms with Crippen molar-refractivity contribution >= 4 is 40.9 Å². The Morgan fingerprint density at radius 2 is 2.04 bits per heavy atom. The van der Waals surface area contributed by atoms with E-state index in [1.807, 2.05) is 0 Å². The second-order valence-corrected chi connectivity index (χ2v) is 8.89. The van der Waals surface area contributed by atoms with Crippen LogP contribution in [0.5, 0.6) is 0 Å². The number of nitrogens with one attached hydrogen (secondary N) is 1. The molecule has 0 spiro atoms. The molecule has 1 N–H and O–H groups in total. The molecule has 2 aromatic rings. The number of aromatic nitrogens is 3. The summed E-state index contributed by atoms with van der Waals surface area (Å²) in [5.74, 6) is 0.986. The van der Waals surface area contributed by atoms with Crippen LogP contribution in [0.4, 0.5) is 16.0 Å². The van der Waals surface area contributed by atoms with Gasteiger partial charge in [0.05, 0.1) is 11.4 Å². The highest BCUT2D eigenvalue weighted by Crippen LogP contribution is 2.41. The number of carbonyl (C=O) groups excluding carboxylic acids is 1. The van der Waals surface area contributed by atoms with Crippen molar-refractivity contribution in [1.29, 1.82) is 0 Å². The lowest BCUT2D eigenvalue weighted by atomic mass is 10.00. The Kier molecular flexibility index (Phi) is 5.78. The number of carbonyl (C=O) groups is 1. The molecule has 1 saturated heterocycles. The van der Waals surface area contributed by atoms with Gasteiger partial charge in [-0.1, -0.05) is 30.3 Å². The summed E-state index contributed by atoms with van der Waals surface area (Å²) in [7, 11) is 0. The SMILES string of the molecule is CC1CCN(c2nnc(SCC(=O)Nc3cc(Cl)ccc3F)n2C2CC2)CC1. The van der Waals surface area contributed by atoms with E-state index in [1.54, 1.807) is 0 Å². The summed E-state index contributed by atoms with van der Waals surface area (Å²) in [5, 5.41) is 12.5. The van der Waals surface area contributed by atoms with Crippen LogP contribution in [0.25, 0.3) is 0 Å². The summed E-state index contributed by atoms with van der Waals surface area (Å²) in [6.45, 7) is 4.27. The Balaban J connectivity index is 1.42. The van der Waals surface area contributed by atoms with Gasteiger partial charge in [-0.3, -0.25) is 9.36 Å². The number of benzene rings is 1. The van der Waals surface area contributed by atoms with Crippen molar-refractivity contribution in [2.75, 3.05) is 29.1 Å². The van der Waals surface area contributed by atoms with Crippen molar-refractivity contribution in [2.24, 2.45) is 5.92 Å². The summed E-state index contributed by atoms with van der Waals surface area (Å²) >= 11 is 7.21. The lowest BCUT2D eigenvalue weighted by Gasteiger charge is -2.31. The number of hydrogen-bond acceptors (Lipinski definition) is 5. The number of hydrogen-bond donors (Lipinski definition) is 1. The van der Waals surface area contributed by atoms with Gasteiger partial charge in [-0.15, -0.1) is 10.2 Å². The molecule has 0 unspecified atom stereocenters. The van der Waals surface area contributed by atoms with Gasteiger partial charge in [0, 0.05) is 24.2 Å². The van der Waals surface area contributed by atoms with Crippen molar-refractivity contribution in [3.63, 3.8) is 0 Å². The molecule has 1 aromatic carbocycles. The molecule has 4 rings (SSSR count). The Morgan fingerprint density at radius 1 is 1.29 bits per heavy atom. The highest BCUT2D eigenvalue weighted by molar-refractivity contribution is 7.99. The zero-order valence-corrected chi connectivity index (χ0v) is 17.3. The van der Waals surface area contributed by atoms with E-state index in [-0.39, 0.29) is 17.3 Å². The van der Waals surface area contributed by atoms with Crippen molar-refractivity contribution in [1.82, 2.24) is 14.8 Å². The molecule has 2 aliphatic rings. The van der Waals surface area contributed by atoms with E-state index in [0.29, 0.717) is 11.1 Å². The van der Waals surface area contributed by atoms with E-state index >= 15 is 0 Å². The maximum atomic E-state index is 13.8. The number of thioether (sulfide) groups is 1. The van der Waals surface area contributed by atoms with E-state index in [0.717, 1.165) is 55.8 Å². The van der Waals surface area contributed by atoms with Crippen molar-refractivity contribution < 1.29 is 9.18 Å². The lowest BCUT2D eigenvalue weighted by molar-refractivity contribution is -0.113. The molecule has 1 aromatic heterocycles. The maximum absolute atomic E-state index is 13.8. The fourth-order valence-electron chi connectivity index (χ4n) is 3.35. The van der Waals surface area contributed by atoms with Crippen LogP contribution in [0.1, 0.15) is 38.6 Å². The van der Waals surface area contributed by atoms with Crippen LogP contribution in [-0.4, -0.2) is 39.5 Å². The highest BCUT2D eigenvalue weighted by atomic mass is 35.5. The predicted octanol–water partition coefficient (Wildman–Crippen LogP) is 4.37. The van der Waals surface area contributed by atoms with Crippen LogP contribution in [0.15, 0.2) is 23.4 Å². The zero-order valence-electron chi connectivity index (χ0n) is 15.7. The molecule has 2 heterocycles. The van der Waals surface area contributed by atoms with E-state index < -0.39 is 5.82 Å². The summed E-state index contributed by atoms with van der Waals surface area (Å²) in [6, 6.07) is 4.50. The molecule has 0 atom stereocenters. The number of nitrogens with zero attached hydrogens (tertiary/aromatic N) is 4. The van der Waals surface area contributed by atoms with Crippen LogP contribution < -0.4 is 10.2 Å². The smallest absolute Gasteiger partial charge is 0.234 e. The van der Waals surface area contributed by atoms with Gasteiger partial charge in [-0.05, 0) is 49.8 Å². The average molecular weight is 424 g/mol. The predicted molar refractivity (Wildman–Crippen MR) is 110 cm³/mol. The Labute approximate surface area is 172 Å². The van der Waals surface area contributed by atoms with Gasteiger partial charge >= 0.3 is 0 Å². The number of anilines is 2. The largest absolute Gasteiger partial charge is 0.341 e. The molecule has 28 heavy (non-hydrogen) atoms. The molecule has 1 saturated carbocycles. The second kappa shape index (κ2) is 8.29. The Bertz CT molecular complexity index is 864. The molecule has 1 amide bonds. The van der Waals surface area contributed by atoms with Crippen LogP contribution >= 0.6 is 23.4 Å². The van der Waals surface area contributed by atoms with Gasteiger partial charge in [0.15, 0.2) is 5.16 Å². The van der Waals surface area contributed by atoms with Crippen LogP contribution in [0.2, 0.25) is 5.02 Å². The fourth-order valence-corrected chi connectivity index (χ4v) is 4.33. The third-order valence-electron chi connectivity index (χ3n) is 5.16. The molecule has 150 valence electrons. The quantitative estimate of drug-likeness (QED) is 0.699. The van der Waals surface area contributed by atoms with Crippen molar-refractivity contribution in [3.05, 3.63) is 29.0 Å². The first-order chi connectivity index (χ1) is 13.5. The normalized spacial score (nSPS) is 17.8. The number of amides is 1. The standard InChI is InChI=1S/C19H23ClFN5OS/c1-12-6-8-25(9-7-12)18-23-24-19(26(18)14-3-4-14)28-11-17(27)22-16-10-13(20)2-5-15(16)21/h2,5,10,12,14H,3-4,6-9,11H2,1H3,(H,22,27). The van der Waals surface area contributed by atoms with Gasteiger partial charge in [-0.2, -0.15) is 0 Å². The fraction of sp³-hybridized carbons (Fsp3) is 0.526. The molecule has 9 heteroatoms. The second-order valence-electron chi connectivity index (χ2n) is 7.51. The first-order valence-electron chi connectivity index (χ1n) is 9.59. The molecule has 1 aliphatic carbocycles. The minimum absolute atomic E-state index is 0.0879. The summed E-state index contributed by atoms with van der Waals surface area (Å²) in [6.07, 6.45) is 4.55. The molecule has 2 fully saturated rings. The molecule has 0 bridgehead atoms. The monoisotopic (exact) mass is 423 g/mol. The molecule has 6 nitrogen and oxygen atoms in total. The first kappa shape index (κ1) is 19.5.